The maximum Gasteiger partial charge on any atom is 0.0637 e. The van der Waals surface area contributed by atoms with E-state index in [4.69, 9.17) is 5.73 Å². The van der Waals surface area contributed by atoms with Gasteiger partial charge in [-0.1, -0.05) is 20.8 Å². The third-order valence-electron chi connectivity index (χ3n) is 6.57. The zero-order valence-corrected chi connectivity index (χ0v) is 12.9. The van der Waals surface area contributed by atoms with Crippen molar-refractivity contribution in [2.24, 2.45) is 33.8 Å². The molecule has 0 spiro atoms. The minimum absolute atomic E-state index is 0.176. The maximum absolute atomic E-state index is 11.0. The molecule has 4 bridgehead atoms. The van der Waals surface area contributed by atoms with E-state index in [0.29, 0.717) is 23.3 Å². The molecule has 0 heterocycles. The molecule has 4 aliphatic rings. The van der Waals surface area contributed by atoms with E-state index in [1.165, 1.54) is 38.5 Å². The Hall–Kier alpha value is -0.0800. The zero-order chi connectivity index (χ0) is 13.9. The summed E-state index contributed by atoms with van der Waals surface area (Å²) in [6.45, 7) is 7.75. The monoisotopic (exact) mass is 265 g/mol. The highest BCUT2D eigenvalue weighted by atomic mass is 16.3. The Kier molecular flexibility index (Phi) is 3.07. The Labute approximate surface area is 118 Å². The molecule has 0 amide bonds. The standard InChI is InChI=1S/C17H31NO/c1-4-13(8-18)14(19)17-7-12-5-15(2,10-17)9-16(3,6-12)11-17/h12-14,19H,4-11,18H2,1-3H3. The molecule has 0 aliphatic heterocycles. The van der Waals surface area contributed by atoms with Gasteiger partial charge >= 0.3 is 0 Å². The van der Waals surface area contributed by atoms with Crippen LogP contribution in [0.2, 0.25) is 0 Å². The van der Waals surface area contributed by atoms with Gasteiger partial charge in [0.05, 0.1) is 6.10 Å². The molecule has 3 N–H and O–H groups in total. The lowest BCUT2D eigenvalue weighted by atomic mass is 9.39. The van der Waals surface area contributed by atoms with Gasteiger partial charge in [0, 0.05) is 0 Å². The first kappa shape index (κ1) is 13.9. The van der Waals surface area contributed by atoms with Gasteiger partial charge in [0.15, 0.2) is 0 Å². The lowest BCUT2D eigenvalue weighted by Gasteiger charge is -2.67. The van der Waals surface area contributed by atoms with Crippen LogP contribution in [0.3, 0.4) is 0 Å². The van der Waals surface area contributed by atoms with Crippen LogP contribution in [0.15, 0.2) is 0 Å². The van der Waals surface area contributed by atoms with Gasteiger partial charge in [-0.05, 0) is 79.6 Å². The van der Waals surface area contributed by atoms with Crippen LogP contribution in [-0.4, -0.2) is 17.8 Å². The van der Waals surface area contributed by atoms with Crippen LogP contribution in [0.5, 0.6) is 0 Å². The van der Waals surface area contributed by atoms with Crippen LogP contribution < -0.4 is 5.73 Å². The molecule has 4 fully saturated rings. The predicted octanol–water partition coefficient (Wildman–Crippen LogP) is 3.33. The highest BCUT2D eigenvalue weighted by molar-refractivity contribution is 5.12. The molecule has 4 aliphatic carbocycles. The summed E-state index contributed by atoms with van der Waals surface area (Å²) >= 11 is 0. The Morgan fingerprint density at radius 2 is 1.68 bits per heavy atom. The van der Waals surface area contributed by atoms with Crippen molar-refractivity contribution in [2.45, 2.75) is 71.8 Å². The van der Waals surface area contributed by atoms with E-state index in [2.05, 4.69) is 20.8 Å². The van der Waals surface area contributed by atoms with E-state index in [1.54, 1.807) is 0 Å². The number of nitrogens with two attached hydrogens (primary N) is 1. The fourth-order valence-electron chi connectivity index (χ4n) is 6.88. The lowest BCUT2D eigenvalue weighted by molar-refractivity contribution is -0.195. The molecule has 0 aromatic rings. The molecule has 4 saturated carbocycles. The highest BCUT2D eigenvalue weighted by Gasteiger charge is 2.62. The Balaban J connectivity index is 1.92. The van der Waals surface area contributed by atoms with Crippen LogP contribution in [0, 0.1) is 28.1 Å². The second-order valence-electron chi connectivity index (χ2n) is 8.84. The minimum Gasteiger partial charge on any atom is -0.392 e. The summed E-state index contributed by atoms with van der Waals surface area (Å²) in [5.74, 6) is 1.15. The first-order valence-corrected chi connectivity index (χ1v) is 8.22. The summed E-state index contributed by atoms with van der Waals surface area (Å²) in [6, 6.07) is 0. The number of hydrogen-bond donors (Lipinski definition) is 2. The first-order valence-electron chi connectivity index (χ1n) is 8.22. The van der Waals surface area contributed by atoms with Gasteiger partial charge in [0.2, 0.25) is 0 Å². The van der Waals surface area contributed by atoms with E-state index in [0.717, 1.165) is 12.3 Å². The van der Waals surface area contributed by atoms with Crippen LogP contribution in [0.1, 0.15) is 65.7 Å². The summed E-state index contributed by atoms with van der Waals surface area (Å²) < 4.78 is 0. The number of aliphatic hydroxyl groups excluding tert-OH is 1. The first-order chi connectivity index (χ1) is 8.84. The van der Waals surface area contributed by atoms with Crippen molar-refractivity contribution in [3.63, 3.8) is 0 Å². The molecule has 4 rings (SSSR count). The number of aliphatic hydroxyl groups is 1. The van der Waals surface area contributed by atoms with Gasteiger partial charge in [-0.3, -0.25) is 0 Å². The molecule has 2 heteroatoms. The molecule has 19 heavy (non-hydrogen) atoms. The normalized spacial score (nSPS) is 51.3. The SMILES string of the molecule is CCC(CN)C(O)C12CC3CC(C)(CC(C)(C3)C1)C2. The number of hydrogen-bond acceptors (Lipinski definition) is 2. The summed E-state index contributed by atoms with van der Waals surface area (Å²) in [6.07, 6.45) is 8.75. The largest absolute Gasteiger partial charge is 0.392 e. The quantitative estimate of drug-likeness (QED) is 0.819. The Morgan fingerprint density at radius 3 is 2.11 bits per heavy atom. The van der Waals surface area contributed by atoms with Gasteiger partial charge in [0.1, 0.15) is 0 Å². The summed E-state index contributed by atoms with van der Waals surface area (Å²) in [4.78, 5) is 0. The minimum atomic E-state index is -0.176. The fourth-order valence-corrected chi connectivity index (χ4v) is 6.88. The molecule has 2 nitrogen and oxygen atoms in total. The van der Waals surface area contributed by atoms with Crippen LogP contribution in [-0.2, 0) is 0 Å². The van der Waals surface area contributed by atoms with Gasteiger partial charge in [0.25, 0.3) is 0 Å². The van der Waals surface area contributed by atoms with Crippen molar-refractivity contribution < 1.29 is 5.11 Å². The lowest BCUT2D eigenvalue weighted by Crippen LogP contribution is -2.60. The van der Waals surface area contributed by atoms with E-state index >= 15 is 0 Å². The van der Waals surface area contributed by atoms with E-state index < -0.39 is 0 Å². The van der Waals surface area contributed by atoms with E-state index in [-0.39, 0.29) is 11.5 Å². The molecular weight excluding hydrogens is 234 g/mol. The van der Waals surface area contributed by atoms with Gasteiger partial charge in [-0.2, -0.15) is 0 Å². The van der Waals surface area contributed by atoms with Gasteiger partial charge < -0.3 is 10.8 Å². The summed E-state index contributed by atoms with van der Waals surface area (Å²) in [7, 11) is 0. The molecule has 0 aromatic carbocycles. The summed E-state index contributed by atoms with van der Waals surface area (Å²) in [5, 5.41) is 11.0. The smallest absolute Gasteiger partial charge is 0.0637 e. The third-order valence-corrected chi connectivity index (χ3v) is 6.57. The van der Waals surface area contributed by atoms with Crippen LogP contribution in [0.4, 0.5) is 0 Å². The van der Waals surface area contributed by atoms with Crippen LogP contribution in [0.25, 0.3) is 0 Å². The molecule has 0 radical (unpaired) electrons. The Morgan fingerprint density at radius 1 is 1.11 bits per heavy atom. The van der Waals surface area contributed by atoms with Crippen molar-refractivity contribution in [3.8, 4) is 0 Å². The average Bonchev–Trinajstić information content (AvgIpc) is 2.25. The van der Waals surface area contributed by atoms with Crippen molar-refractivity contribution >= 4 is 0 Å². The van der Waals surface area contributed by atoms with E-state index in [1.807, 2.05) is 0 Å². The second-order valence-corrected chi connectivity index (χ2v) is 8.84. The molecule has 4 atom stereocenters. The topological polar surface area (TPSA) is 46.2 Å². The van der Waals surface area contributed by atoms with Crippen molar-refractivity contribution in [3.05, 3.63) is 0 Å². The predicted molar refractivity (Wildman–Crippen MR) is 78.7 cm³/mol. The molecule has 0 aromatic heterocycles. The second kappa shape index (κ2) is 4.21. The molecule has 110 valence electrons. The maximum atomic E-state index is 11.0. The van der Waals surface area contributed by atoms with Gasteiger partial charge in [-0.15, -0.1) is 0 Å². The van der Waals surface area contributed by atoms with Crippen molar-refractivity contribution in [2.75, 3.05) is 6.54 Å². The molecule has 0 saturated heterocycles. The van der Waals surface area contributed by atoms with Gasteiger partial charge in [-0.25, -0.2) is 0 Å². The Bertz CT molecular complexity index is 344. The number of rotatable bonds is 4. The molecular formula is C17H31NO. The van der Waals surface area contributed by atoms with Crippen molar-refractivity contribution in [1.82, 2.24) is 0 Å². The summed E-state index contributed by atoms with van der Waals surface area (Å²) in [5.41, 5.74) is 7.07. The van der Waals surface area contributed by atoms with Crippen LogP contribution >= 0.6 is 0 Å². The fraction of sp³-hybridized carbons (Fsp3) is 1.00. The molecule has 4 unspecified atom stereocenters. The van der Waals surface area contributed by atoms with Crippen molar-refractivity contribution in [1.29, 1.82) is 0 Å². The zero-order valence-electron chi connectivity index (χ0n) is 12.9. The van der Waals surface area contributed by atoms with E-state index in [9.17, 15) is 5.11 Å². The average molecular weight is 265 g/mol. The highest BCUT2D eigenvalue weighted by Crippen LogP contribution is 2.70. The third kappa shape index (κ3) is 2.06.